The lowest BCUT2D eigenvalue weighted by molar-refractivity contribution is 0.248. The number of aromatic nitrogens is 1. The van der Waals surface area contributed by atoms with Crippen molar-refractivity contribution in [2.24, 2.45) is 0 Å². The van der Waals surface area contributed by atoms with Gasteiger partial charge in [-0.25, -0.2) is 4.79 Å². The number of amides is 2. The van der Waals surface area contributed by atoms with Crippen molar-refractivity contribution < 1.29 is 4.79 Å². The molecule has 0 fully saturated rings. The van der Waals surface area contributed by atoms with Crippen molar-refractivity contribution in [1.29, 1.82) is 0 Å². The van der Waals surface area contributed by atoms with Gasteiger partial charge in [-0.05, 0) is 19.1 Å². The average molecular weight is 179 g/mol. The van der Waals surface area contributed by atoms with Gasteiger partial charge in [0.2, 0.25) is 0 Å². The molecule has 1 aromatic heterocycles. The van der Waals surface area contributed by atoms with Crippen LogP contribution in [0.2, 0.25) is 0 Å². The Labute approximate surface area is 77.6 Å². The van der Waals surface area contributed by atoms with E-state index in [4.69, 9.17) is 0 Å². The third-order valence-electron chi connectivity index (χ3n) is 1.73. The van der Waals surface area contributed by atoms with Crippen molar-refractivity contribution in [2.75, 3.05) is 18.5 Å². The quantitative estimate of drug-likeness (QED) is 0.742. The van der Waals surface area contributed by atoms with Crippen molar-refractivity contribution in [3.8, 4) is 0 Å². The zero-order valence-corrected chi connectivity index (χ0v) is 7.82. The molecule has 0 saturated carbocycles. The molecule has 0 aliphatic carbocycles. The highest BCUT2D eigenvalue weighted by molar-refractivity contribution is 5.91. The summed E-state index contributed by atoms with van der Waals surface area (Å²) in [5, 5.41) is 2.57. The summed E-state index contributed by atoms with van der Waals surface area (Å²) in [6.45, 7) is 2.55. The van der Waals surface area contributed by atoms with E-state index in [1.807, 2.05) is 13.0 Å². The number of hydrogen-bond acceptors (Lipinski definition) is 2. The van der Waals surface area contributed by atoms with Gasteiger partial charge in [0.05, 0.1) is 11.9 Å². The van der Waals surface area contributed by atoms with Crippen LogP contribution in [-0.2, 0) is 0 Å². The average Bonchev–Trinajstić information content (AvgIpc) is 2.20. The van der Waals surface area contributed by atoms with Gasteiger partial charge in [0.25, 0.3) is 0 Å². The van der Waals surface area contributed by atoms with Gasteiger partial charge >= 0.3 is 6.03 Å². The van der Waals surface area contributed by atoms with Crippen molar-refractivity contribution in [1.82, 2.24) is 10.3 Å². The number of urea groups is 1. The molecule has 2 amide bonds. The summed E-state index contributed by atoms with van der Waals surface area (Å²) in [4.78, 5) is 16.9. The fourth-order valence-corrected chi connectivity index (χ4v) is 1.09. The van der Waals surface area contributed by atoms with Gasteiger partial charge < -0.3 is 5.32 Å². The number of pyridine rings is 1. The normalized spacial score (nSPS) is 9.38. The van der Waals surface area contributed by atoms with Crippen LogP contribution in [0.1, 0.15) is 6.92 Å². The number of nitrogens with zero attached hydrogens (tertiary/aromatic N) is 2. The summed E-state index contributed by atoms with van der Waals surface area (Å²) in [5.41, 5.74) is 0.810. The Bertz CT molecular complexity index is 273. The molecule has 0 saturated heterocycles. The Morgan fingerprint density at radius 2 is 2.46 bits per heavy atom. The van der Waals surface area contributed by atoms with E-state index in [2.05, 4.69) is 10.3 Å². The first kappa shape index (κ1) is 9.51. The molecule has 1 aromatic rings. The molecule has 4 nitrogen and oxygen atoms in total. The van der Waals surface area contributed by atoms with Crippen LogP contribution >= 0.6 is 0 Å². The Morgan fingerprint density at radius 3 is 2.92 bits per heavy atom. The highest BCUT2D eigenvalue weighted by Gasteiger charge is 2.10. The van der Waals surface area contributed by atoms with Gasteiger partial charge in [0.15, 0.2) is 0 Å². The van der Waals surface area contributed by atoms with Gasteiger partial charge in [-0.3, -0.25) is 9.88 Å². The summed E-state index contributed by atoms with van der Waals surface area (Å²) in [5.74, 6) is 0. The van der Waals surface area contributed by atoms with E-state index in [1.165, 1.54) is 0 Å². The summed E-state index contributed by atoms with van der Waals surface area (Å²) >= 11 is 0. The lowest BCUT2D eigenvalue weighted by Crippen LogP contribution is -2.37. The molecule has 0 aliphatic heterocycles. The van der Waals surface area contributed by atoms with Crippen LogP contribution in [0.4, 0.5) is 10.5 Å². The number of hydrogen-bond donors (Lipinski definition) is 1. The second-order valence-corrected chi connectivity index (χ2v) is 2.51. The minimum absolute atomic E-state index is 0.115. The van der Waals surface area contributed by atoms with E-state index in [1.54, 1.807) is 30.4 Å². The summed E-state index contributed by atoms with van der Waals surface area (Å²) < 4.78 is 0. The van der Waals surface area contributed by atoms with Crippen LogP contribution in [0, 0.1) is 0 Å². The molecule has 0 unspecified atom stereocenters. The maximum absolute atomic E-state index is 11.3. The molecule has 0 aromatic carbocycles. The summed E-state index contributed by atoms with van der Waals surface area (Å²) in [6.07, 6.45) is 3.35. The molecule has 1 heterocycles. The van der Waals surface area contributed by atoms with E-state index < -0.39 is 0 Å². The monoisotopic (exact) mass is 179 g/mol. The van der Waals surface area contributed by atoms with Gasteiger partial charge in [0, 0.05) is 19.8 Å². The molecule has 0 aliphatic rings. The SMILES string of the molecule is CCN(C(=O)NC)c1cccnc1. The standard InChI is InChI=1S/C9H13N3O/c1-3-12(9(13)10-2)8-5-4-6-11-7-8/h4-7H,3H2,1-2H3,(H,10,13). The van der Waals surface area contributed by atoms with Crippen LogP contribution in [-0.4, -0.2) is 24.6 Å². The molecule has 0 radical (unpaired) electrons. The first-order chi connectivity index (χ1) is 6.29. The molecule has 1 N–H and O–H groups in total. The van der Waals surface area contributed by atoms with Crippen molar-refractivity contribution in [3.05, 3.63) is 24.5 Å². The van der Waals surface area contributed by atoms with E-state index in [9.17, 15) is 4.79 Å². The zero-order valence-electron chi connectivity index (χ0n) is 7.82. The maximum atomic E-state index is 11.3. The van der Waals surface area contributed by atoms with Gasteiger partial charge in [-0.2, -0.15) is 0 Å². The molecule has 0 spiro atoms. The highest BCUT2D eigenvalue weighted by atomic mass is 16.2. The Morgan fingerprint density at radius 1 is 1.69 bits per heavy atom. The van der Waals surface area contributed by atoms with E-state index in [0.717, 1.165) is 5.69 Å². The first-order valence-corrected chi connectivity index (χ1v) is 4.19. The second-order valence-electron chi connectivity index (χ2n) is 2.51. The predicted molar refractivity (Wildman–Crippen MR) is 51.7 cm³/mol. The molecule has 0 atom stereocenters. The third kappa shape index (κ3) is 2.18. The van der Waals surface area contributed by atoms with Crippen LogP contribution in [0.25, 0.3) is 0 Å². The summed E-state index contributed by atoms with van der Waals surface area (Å²) in [7, 11) is 1.61. The van der Waals surface area contributed by atoms with Gasteiger partial charge in [-0.15, -0.1) is 0 Å². The Kier molecular flexibility index (Phi) is 3.25. The van der Waals surface area contributed by atoms with Crippen molar-refractivity contribution in [2.45, 2.75) is 6.92 Å². The van der Waals surface area contributed by atoms with Crippen LogP contribution in [0.3, 0.4) is 0 Å². The number of anilines is 1. The van der Waals surface area contributed by atoms with E-state index >= 15 is 0 Å². The van der Waals surface area contributed by atoms with Crippen LogP contribution < -0.4 is 10.2 Å². The molecule has 13 heavy (non-hydrogen) atoms. The minimum Gasteiger partial charge on any atom is -0.341 e. The second kappa shape index (κ2) is 4.45. The van der Waals surface area contributed by atoms with E-state index in [0.29, 0.717) is 6.54 Å². The molecule has 4 heteroatoms. The van der Waals surface area contributed by atoms with Crippen LogP contribution in [0.5, 0.6) is 0 Å². The smallest absolute Gasteiger partial charge is 0.321 e. The first-order valence-electron chi connectivity index (χ1n) is 4.19. The zero-order chi connectivity index (χ0) is 9.68. The third-order valence-corrected chi connectivity index (χ3v) is 1.73. The van der Waals surface area contributed by atoms with Gasteiger partial charge in [0.1, 0.15) is 0 Å². The highest BCUT2D eigenvalue weighted by Crippen LogP contribution is 2.10. The largest absolute Gasteiger partial charge is 0.341 e. The Balaban J connectivity index is 2.85. The fraction of sp³-hybridized carbons (Fsp3) is 0.333. The lowest BCUT2D eigenvalue weighted by Gasteiger charge is -2.19. The predicted octanol–water partition coefficient (Wildman–Crippen LogP) is 1.25. The number of rotatable bonds is 2. The molecular weight excluding hydrogens is 166 g/mol. The van der Waals surface area contributed by atoms with Crippen molar-refractivity contribution >= 4 is 11.7 Å². The van der Waals surface area contributed by atoms with Crippen molar-refractivity contribution in [3.63, 3.8) is 0 Å². The van der Waals surface area contributed by atoms with Crippen LogP contribution in [0.15, 0.2) is 24.5 Å². The molecule has 0 bridgehead atoms. The molecule has 1 rings (SSSR count). The summed E-state index contributed by atoms with van der Waals surface area (Å²) in [6, 6.07) is 3.54. The Hall–Kier alpha value is -1.58. The number of carbonyl (C=O) groups is 1. The van der Waals surface area contributed by atoms with Gasteiger partial charge in [-0.1, -0.05) is 0 Å². The topological polar surface area (TPSA) is 45.2 Å². The molecular formula is C9H13N3O. The number of nitrogens with one attached hydrogen (secondary N) is 1. The lowest BCUT2D eigenvalue weighted by atomic mass is 10.4. The number of carbonyl (C=O) groups excluding carboxylic acids is 1. The maximum Gasteiger partial charge on any atom is 0.321 e. The minimum atomic E-state index is -0.115. The van der Waals surface area contributed by atoms with E-state index in [-0.39, 0.29) is 6.03 Å². The fourth-order valence-electron chi connectivity index (χ4n) is 1.09. The molecule has 70 valence electrons.